The Morgan fingerprint density at radius 3 is 2.69 bits per heavy atom. The summed E-state index contributed by atoms with van der Waals surface area (Å²) < 4.78 is 7.01. The van der Waals surface area contributed by atoms with Crippen LogP contribution >= 0.6 is 11.6 Å². The number of benzene rings is 2. The molecule has 1 fully saturated rings. The molecular weight excluding hydrogens is 478 g/mol. The van der Waals surface area contributed by atoms with Crippen LogP contribution in [0, 0.1) is 0 Å². The van der Waals surface area contributed by atoms with Crippen LogP contribution in [0.25, 0.3) is 10.9 Å². The first-order chi connectivity index (χ1) is 17.6. The second-order valence-electron chi connectivity index (χ2n) is 8.99. The Morgan fingerprint density at radius 2 is 1.94 bits per heavy atom. The summed E-state index contributed by atoms with van der Waals surface area (Å²) in [5.74, 6) is 0.639. The topological polar surface area (TPSA) is 92.2 Å². The number of nitrogens with one attached hydrogen (secondary N) is 1. The molecule has 0 saturated carbocycles. The van der Waals surface area contributed by atoms with Gasteiger partial charge in [-0.05, 0) is 64.2 Å². The van der Waals surface area contributed by atoms with Gasteiger partial charge in [0.2, 0.25) is 0 Å². The first-order valence-corrected chi connectivity index (χ1v) is 12.6. The zero-order valence-electron chi connectivity index (χ0n) is 20.5. The number of fused-ring (bicyclic) bond motifs is 1. The third-order valence-electron chi connectivity index (χ3n) is 6.80. The molecule has 1 saturated heterocycles. The van der Waals surface area contributed by atoms with Gasteiger partial charge in [0.15, 0.2) is 5.82 Å². The number of methoxy groups -OCH3 is 1. The minimum Gasteiger partial charge on any atom is -0.383 e. The van der Waals surface area contributed by atoms with E-state index in [1.54, 1.807) is 11.8 Å². The van der Waals surface area contributed by atoms with E-state index >= 15 is 0 Å². The minimum atomic E-state index is -0.392. The number of hydrogen-bond acceptors (Lipinski definition) is 7. The molecule has 5 rings (SSSR count). The molecule has 0 spiro atoms. The highest BCUT2D eigenvalue weighted by Gasteiger charge is 2.32. The van der Waals surface area contributed by atoms with Gasteiger partial charge in [-0.15, -0.1) is 5.10 Å². The molecular formula is C26H30ClN7O2. The largest absolute Gasteiger partial charge is 0.383 e. The molecule has 10 heteroatoms. The lowest BCUT2D eigenvalue weighted by atomic mass is 10.0. The van der Waals surface area contributed by atoms with Crippen LogP contribution < -0.4 is 10.5 Å². The molecule has 1 aliphatic heterocycles. The summed E-state index contributed by atoms with van der Waals surface area (Å²) in [5, 5.41) is 14.3. The van der Waals surface area contributed by atoms with Crippen LogP contribution in [0.4, 0.5) is 5.69 Å². The predicted molar refractivity (Wildman–Crippen MR) is 141 cm³/mol. The SMILES string of the molecule is CCc1ccc2[nH]c(=O)c(C(c3nnnn3CCOC)N3CCN(c4cccc(Cl)c4)CC3)cc2c1. The Bertz CT molecular complexity index is 1390. The summed E-state index contributed by atoms with van der Waals surface area (Å²) in [6.07, 6.45) is 0.925. The van der Waals surface area contributed by atoms with Gasteiger partial charge in [0.05, 0.1) is 13.2 Å². The number of aromatic nitrogens is 5. The molecule has 4 aromatic rings. The van der Waals surface area contributed by atoms with E-state index in [0.29, 0.717) is 24.5 Å². The van der Waals surface area contributed by atoms with E-state index in [2.05, 4.69) is 55.4 Å². The van der Waals surface area contributed by atoms with Gasteiger partial charge in [-0.1, -0.05) is 30.7 Å². The van der Waals surface area contributed by atoms with Crippen molar-refractivity contribution in [3.05, 3.63) is 80.9 Å². The zero-order chi connectivity index (χ0) is 25.1. The van der Waals surface area contributed by atoms with E-state index in [0.717, 1.165) is 54.2 Å². The van der Waals surface area contributed by atoms with Crippen molar-refractivity contribution >= 4 is 28.2 Å². The molecule has 1 aliphatic rings. The maximum atomic E-state index is 13.4. The van der Waals surface area contributed by atoms with Crippen LogP contribution in [0.1, 0.15) is 29.9 Å². The van der Waals surface area contributed by atoms with Crippen molar-refractivity contribution in [1.29, 1.82) is 0 Å². The number of hydrogen-bond donors (Lipinski definition) is 1. The van der Waals surface area contributed by atoms with Gasteiger partial charge in [-0.2, -0.15) is 0 Å². The van der Waals surface area contributed by atoms with E-state index in [-0.39, 0.29) is 5.56 Å². The Balaban J connectivity index is 1.52. The Hall–Kier alpha value is -3.27. The zero-order valence-corrected chi connectivity index (χ0v) is 21.3. The molecule has 1 N–H and O–H groups in total. The van der Waals surface area contributed by atoms with Crippen molar-refractivity contribution in [2.75, 3.05) is 44.8 Å². The fourth-order valence-electron chi connectivity index (χ4n) is 4.85. The Morgan fingerprint density at radius 1 is 1.11 bits per heavy atom. The van der Waals surface area contributed by atoms with Crippen molar-refractivity contribution in [1.82, 2.24) is 30.1 Å². The number of piperazine rings is 1. The van der Waals surface area contributed by atoms with E-state index in [4.69, 9.17) is 16.3 Å². The smallest absolute Gasteiger partial charge is 0.253 e. The van der Waals surface area contributed by atoms with Crippen LogP contribution in [0.15, 0.2) is 53.3 Å². The first-order valence-electron chi connectivity index (χ1n) is 12.2. The molecule has 3 heterocycles. The fourth-order valence-corrected chi connectivity index (χ4v) is 5.04. The monoisotopic (exact) mass is 507 g/mol. The second-order valence-corrected chi connectivity index (χ2v) is 9.42. The number of ether oxygens (including phenoxy) is 1. The third kappa shape index (κ3) is 5.00. The highest BCUT2D eigenvalue weighted by atomic mass is 35.5. The maximum absolute atomic E-state index is 13.4. The molecule has 2 aromatic heterocycles. The molecule has 2 aromatic carbocycles. The summed E-state index contributed by atoms with van der Waals surface area (Å²) in [6.45, 7) is 6.16. The number of aromatic amines is 1. The van der Waals surface area contributed by atoms with Gasteiger partial charge < -0.3 is 14.6 Å². The fraction of sp³-hybridized carbons (Fsp3) is 0.385. The number of halogens is 1. The molecule has 0 aliphatic carbocycles. The highest BCUT2D eigenvalue weighted by molar-refractivity contribution is 6.30. The van der Waals surface area contributed by atoms with Gasteiger partial charge in [-0.25, -0.2) is 4.68 Å². The quantitative estimate of drug-likeness (QED) is 0.391. The molecule has 1 atom stereocenters. The first kappa shape index (κ1) is 24.4. The van der Waals surface area contributed by atoms with Crippen LogP contribution in [-0.2, 0) is 17.7 Å². The number of H-pyrrole nitrogens is 1. The number of aryl methyl sites for hydroxylation is 1. The second kappa shape index (κ2) is 10.8. The molecule has 1 unspecified atom stereocenters. The number of tetrazole rings is 1. The van der Waals surface area contributed by atoms with E-state index in [9.17, 15) is 4.79 Å². The van der Waals surface area contributed by atoms with Gasteiger partial charge >= 0.3 is 0 Å². The number of anilines is 1. The molecule has 36 heavy (non-hydrogen) atoms. The normalized spacial score (nSPS) is 15.5. The lowest BCUT2D eigenvalue weighted by Crippen LogP contribution is -2.49. The van der Waals surface area contributed by atoms with Crippen molar-refractivity contribution in [2.24, 2.45) is 0 Å². The van der Waals surface area contributed by atoms with Crippen LogP contribution in [0.3, 0.4) is 0 Å². The molecule has 0 amide bonds. The van der Waals surface area contributed by atoms with Crippen LogP contribution in [-0.4, -0.2) is 70.0 Å². The summed E-state index contributed by atoms with van der Waals surface area (Å²) in [4.78, 5) is 21.1. The summed E-state index contributed by atoms with van der Waals surface area (Å²) in [6, 6.07) is 15.7. The molecule has 188 valence electrons. The van der Waals surface area contributed by atoms with Gasteiger partial charge in [0, 0.05) is 55.1 Å². The lowest BCUT2D eigenvalue weighted by Gasteiger charge is -2.39. The number of rotatable bonds is 8. The van der Waals surface area contributed by atoms with E-state index in [1.165, 1.54) is 5.56 Å². The van der Waals surface area contributed by atoms with Crippen molar-refractivity contribution in [2.45, 2.75) is 25.9 Å². The van der Waals surface area contributed by atoms with Gasteiger partial charge in [0.1, 0.15) is 6.04 Å². The Kier molecular flexibility index (Phi) is 7.31. The van der Waals surface area contributed by atoms with E-state index in [1.807, 2.05) is 30.3 Å². The third-order valence-corrected chi connectivity index (χ3v) is 7.04. The average Bonchev–Trinajstić information content (AvgIpc) is 3.36. The Labute approximate surface area is 214 Å². The van der Waals surface area contributed by atoms with Crippen molar-refractivity contribution in [3.8, 4) is 0 Å². The van der Waals surface area contributed by atoms with Crippen LogP contribution in [0.5, 0.6) is 0 Å². The highest BCUT2D eigenvalue weighted by Crippen LogP contribution is 2.29. The lowest BCUT2D eigenvalue weighted by molar-refractivity contribution is 0.171. The predicted octanol–water partition coefficient (Wildman–Crippen LogP) is 3.29. The number of pyridine rings is 1. The summed E-state index contributed by atoms with van der Waals surface area (Å²) >= 11 is 6.23. The van der Waals surface area contributed by atoms with Gasteiger partial charge in [-0.3, -0.25) is 9.69 Å². The molecule has 0 bridgehead atoms. The summed E-state index contributed by atoms with van der Waals surface area (Å²) in [5.41, 5.74) is 3.65. The van der Waals surface area contributed by atoms with Crippen molar-refractivity contribution in [3.63, 3.8) is 0 Å². The standard InChI is InChI=1S/C26H30ClN7O2/c1-3-18-7-8-23-19(15-18)16-22(26(35)28-23)24(25-29-30-31-34(25)13-14-36-2)33-11-9-32(10-12-33)21-6-4-5-20(27)17-21/h4-8,15-17,24H,3,9-14H2,1-2H3,(H,28,35). The molecule has 0 radical (unpaired) electrons. The summed E-state index contributed by atoms with van der Waals surface area (Å²) in [7, 11) is 1.65. The van der Waals surface area contributed by atoms with Crippen LogP contribution in [0.2, 0.25) is 5.02 Å². The molecule has 9 nitrogen and oxygen atoms in total. The van der Waals surface area contributed by atoms with Crippen molar-refractivity contribution < 1.29 is 4.74 Å². The number of nitrogens with zero attached hydrogens (tertiary/aromatic N) is 6. The average molecular weight is 508 g/mol. The minimum absolute atomic E-state index is 0.129. The van der Waals surface area contributed by atoms with Gasteiger partial charge in [0.25, 0.3) is 5.56 Å². The maximum Gasteiger partial charge on any atom is 0.253 e. The van der Waals surface area contributed by atoms with E-state index < -0.39 is 6.04 Å².